The summed E-state index contributed by atoms with van der Waals surface area (Å²) in [6.45, 7) is 0.493. The number of nitrogens with zero attached hydrogens (tertiary/aromatic N) is 1. The number of hydrogen-bond acceptors (Lipinski definition) is 6. The van der Waals surface area contributed by atoms with Crippen LogP contribution in [0.4, 0.5) is 4.79 Å². The van der Waals surface area contributed by atoms with Gasteiger partial charge in [0.1, 0.15) is 0 Å². The van der Waals surface area contributed by atoms with Crippen LogP contribution in [0.15, 0.2) is 18.2 Å². The van der Waals surface area contributed by atoms with Gasteiger partial charge >= 0.3 is 6.09 Å². The summed E-state index contributed by atoms with van der Waals surface area (Å²) in [5, 5.41) is 21.3. The zero-order chi connectivity index (χ0) is 19.3. The number of phenols is 2. The molecule has 0 saturated carbocycles. The first-order chi connectivity index (χ1) is 13.0. The van der Waals surface area contributed by atoms with Gasteiger partial charge in [-0.25, -0.2) is 4.79 Å². The summed E-state index contributed by atoms with van der Waals surface area (Å²) in [6.07, 6.45) is 0.700. The van der Waals surface area contributed by atoms with Gasteiger partial charge in [-0.05, 0) is 41.7 Å². The Morgan fingerprint density at radius 1 is 1.11 bits per heavy atom. The minimum absolute atomic E-state index is 0.00487. The molecule has 2 N–H and O–H groups in total. The Bertz CT molecular complexity index is 939. The molecule has 0 fully saturated rings. The second-order valence-electron chi connectivity index (χ2n) is 6.66. The van der Waals surface area contributed by atoms with E-state index in [0.29, 0.717) is 36.3 Å². The number of aromatic hydroxyl groups is 2. The van der Waals surface area contributed by atoms with Gasteiger partial charge in [-0.1, -0.05) is 6.07 Å². The van der Waals surface area contributed by atoms with E-state index in [1.807, 2.05) is 6.07 Å². The van der Waals surface area contributed by atoms with Crippen molar-refractivity contribution in [2.45, 2.75) is 18.9 Å². The highest BCUT2D eigenvalue weighted by atomic mass is 16.5. The Hall–Kier alpha value is -3.09. The molecule has 1 aliphatic carbocycles. The van der Waals surface area contributed by atoms with Crippen molar-refractivity contribution in [2.75, 3.05) is 27.9 Å². The highest BCUT2D eigenvalue weighted by molar-refractivity contribution is 5.89. The fraction of sp³-hybridized carbons (Fsp3) is 0.350. The summed E-state index contributed by atoms with van der Waals surface area (Å²) in [5.74, 6) is 0.614. The van der Waals surface area contributed by atoms with Gasteiger partial charge in [-0.2, -0.15) is 0 Å². The number of carbonyl (C=O) groups is 1. The lowest BCUT2D eigenvalue weighted by Crippen LogP contribution is -2.42. The molecule has 142 valence electrons. The summed E-state index contributed by atoms with van der Waals surface area (Å²) < 4.78 is 15.7. The van der Waals surface area contributed by atoms with Crippen LogP contribution in [-0.2, 0) is 17.6 Å². The van der Waals surface area contributed by atoms with Crippen molar-refractivity contribution in [1.82, 2.24) is 4.90 Å². The molecule has 1 amide bonds. The number of carbonyl (C=O) groups excluding carboxylic acids is 1. The molecule has 2 aromatic carbocycles. The molecule has 27 heavy (non-hydrogen) atoms. The molecule has 7 heteroatoms. The maximum Gasteiger partial charge on any atom is 0.410 e. The Labute approximate surface area is 156 Å². The lowest BCUT2D eigenvalue weighted by Gasteiger charge is -2.41. The maximum absolute atomic E-state index is 12.3. The van der Waals surface area contributed by atoms with E-state index < -0.39 is 6.09 Å². The van der Waals surface area contributed by atoms with E-state index in [0.717, 1.165) is 16.7 Å². The standard InChI is InChI=1S/C20H21NO6/c1-25-14-5-4-10-8-12-15-11(6-7-21(12)20(24)27-3)9-13(22)19(26-2)17(15)16(10)18(14)23/h4-5,9,12,22-23H,6-8H2,1-3H3/t12-/m0/s1. The summed E-state index contributed by atoms with van der Waals surface area (Å²) in [7, 11) is 4.32. The Morgan fingerprint density at radius 3 is 2.56 bits per heavy atom. The Balaban J connectivity index is 2.05. The van der Waals surface area contributed by atoms with E-state index in [1.54, 1.807) is 17.0 Å². The first-order valence-corrected chi connectivity index (χ1v) is 8.68. The fourth-order valence-electron chi connectivity index (χ4n) is 4.30. The number of fused-ring (bicyclic) bond motifs is 2. The van der Waals surface area contributed by atoms with Crippen LogP contribution in [0.2, 0.25) is 0 Å². The number of methoxy groups -OCH3 is 3. The molecule has 1 heterocycles. The highest BCUT2D eigenvalue weighted by Crippen LogP contribution is 2.56. The molecule has 7 nitrogen and oxygen atoms in total. The molecule has 1 atom stereocenters. The average Bonchev–Trinajstić information content (AvgIpc) is 2.67. The quantitative estimate of drug-likeness (QED) is 0.844. The van der Waals surface area contributed by atoms with Crippen molar-refractivity contribution in [3.05, 3.63) is 34.9 Å². The summed E-state index contributed by atoms with van der Waals surface area (Å²) in [5.41, 5.74) is 3.82. The molecule has 0 radical (unpaired) electrons. The number of hydrogen-bond donors (Lipinski definition) is 2. The van der Waals surface area contributed by atoms with Crippen LogP contribution in [0.5, 0.6) is 23.0 Å². The van der Waals surface area contributed by atoms with Crippen LogP contribution >= 0.6 is 0 Å². The van der Waals surface area contributed by atoms with Gasteiger partial charge in [0.05, 0.1) is 27.4 Å². The van der Waals surface area contributed by atoms with E-state index in [9.17, 15) is 15.0 Å². The lowest BCUT2D eigenvalue weighted by atomic mass is 9.76. The maximum atomic E-state index is 12.3. The molecule has 0 spiro atoms. The average molecular weight is 371 g/mol. The molecule has 4 rings (SSSR count). The topological polar surface area (TPSA) is 88.5 Å². The fourth-order valence-corrected chi connectivity index (χ4v) is 4.30. The molecule has 0 saturated heterocycles. The van der Waals surface area contributed by atoms with Crippen LogP contribution in [0.3, 0.4) is 0 Å². The van der Waals surface area contributed by atoms with Crippen LogP contribution in [0.1, 0.15) is 22.7 Å². The number of ether oxygens (including phenoxy) is 3. The zero-order valence-corrected chi connectivity index (χ0v) is 15.4. The van der Waals surface area contributed by atoms with Crippen LogP contribution < -0.4 is 9.47 Å². The normalized spacial score (nSPS) is 17.0. The number of amides is 1. The third kappa shape index (κ3) is 2.38. The van der Waals surface area contributed by atoms with Crippen molar-refractivity contribution >= 4 is 6.09 Å². The molecule has 2 aromatic rings. The van der Waals surface area contributed by atoms with Gasteiger partial charge in [-0.3, -0.25) is 0 Å². The van der Waals surface area contributed by atoms with Gasteiger partial charge in [0, 0.05) is 17.7 Å². The molecule has 0 aromatic heterocycles. The van der Waals surface area contributed by atoms with Crippen molar-refractivity contribution in [1.29, 1.82) is 0 Å². The van der Waals surface area contributed by atoms with E-state index in [1.165, 1.54) is 21.3 Å². The summed E-state index contributed by atoms with van der Waals surface area (Å²) in [6, 6.07) is 4.98. The third-order valence-corrected chi connectivity index (χ3v) is 5.44. The van der Waals surface area contributed by atoms with Crippen molar-refractivity contribution in [3.8, 4) is 34.1 Å². The van der Waals surface area contributed by atoms with Crippen molar-refractivity contribution in [2.24, 2.45) is 0 Å². The zero-order valence-electron chi connectivity index (χ0n) is 15.4. The van der Waals surface area contributed by atoms with Crippen molar-refractivity contribution in [3.63, 3.8) is 0 Å². The van der Waals surface area contributed by atoms with Gasteiger partial charge in [-0.15, -0.1) is 0 Å². The summed E-state index contributed by atoms with van der Waals surface area (Å²) in [4.78, 5) is 14.0. The monoisotopic (exact) mass is 371 g/mol. The van der Waals surface area contributed by atoms with Gasteiger partial charge in [0.2, 0.25) is 0 Å². The van der Waals surface area contributed by atoms with Crippen molar-refractivity contribution < 1.29 is 29.2 Å². The number of rotatable bonds is 2. The minimum atomic E-state index is -0.398. The predicted octanol–water partition coefficient (Wildman–Crippen LogP) is 3.00. The highest BCUT2D eigenvalue weighted by Gasteiger charge is 2.41. The second kappa shape index (κ2) is 6.26. The minimum Gasteiger partial charge on any atom is -0.504 e. The van der Waals surface area contributed by atoms with E-state index in [4.69, 9.17) is 14.2 Å². The first-order valence-electron chi connectivity index (χ1n) is 8.68. The van der Waals surface area contributed by atoms with Crippen LogP contribution in [-0.4, -0.2) is 49.1 Å². The van der Waals surface area contributed by atoms with E-state index in [2.05, 4.69) is 0 Å². The van der Waals surface area contributed by atoms with Gasteiger partial charge < -0.3 is 29.3 Å². The number of phenolic OH excluding ortho intramolecular Hbond substituents is 2. The lowest BCUT2D eigenvalue weighted by molar-refractivity contribution is 0.100. The second-order valence-corrected chi connectivity index (χ2v) is 6.66. The van der Waals surface area contributed by atoms with Gasteiger partial charge in [0.25, 0.3) is 0 Å². The largest absolute Gasteiger partial charge is 0.504 e. The first kappa shape index (κ1) is 17.3. The Morgan fingerprint density at radius 2 is 1.89 bits per heavy atom. The Kier molecular flexibility index (Phi) is 4.02. The molecule has 0 unspecified atom stereocenters. The van der Waals surface area contributed by atoms with Crippen LogP contribution in [0.25, 0.3) is 11.1 Å². The third-order valence-electron chi connectivity index (χ3n) is 5.44. The smallest absolute Gasteiger partial charge is 0.410 e. The molecule has 0 bridgehead atoms. The van der Waals surface area contributed by atoms with Gasteiger partial charge in [0.15, 0.2) is 23.0 Å². The van der Waals surface area contributed by atoms with E-state index >= 15 is 0 Å². The summed E-state index contributed by atoms with van der Waals surface area (Å²) >= 11 is 0. The molecular formula is C20H21NO6. The predicted molar refractivity (Wildman–Crippen MR) is 97.6 cm³/mol. The molecule has 1 aliphatic heterocycles. The van der Waals surface area contributed by atoms with E-state index in [-0.39, 0.29) is 23.3 Å². The molecular weight excluding hydrogens is 350 g/mol. The molecule has 2 aliphatic rings. The number of benzene rings is 2. The SMILES string of the molecule is COC(=O)N1CCc2cc(O)c(OC)c3c2[C@@H]1Cc1ccc(OC)c(O)c1-3. The van der Waals surface area contributed by atoms with Crippen LogP contribution in [0, 0.1) is 0 Å².